The molecular formula is C9H6BrN5. The number of nitrogens with two attached hydrogens (primary N) is 1. The van der Waals surface area contributed by atoms with Crippen LogP contribution in [0.5, 0.6) is 0 Å². The average Bonchev–Trinajstić information content (AvgIpc) is 2.61. The Balaban J connectivity index is 2.51. The van der Waals surface area contributed by atoms with Crippen molar-refractivity contribution in [2.45, 2.75) is 0 Å². The number of halogens is 1. The first-order chi connectivity index (χ1) is 7.22. The maximum absolute atomic E-state index is 8.72. The van der Waals surface area contributed by atoms with Crippen molar-refractivity contribution in [2.75, 3.05) is 5.73 Å². The van der Waals surface area contributed by atoms with Crippen molar-refractivity contribution in [1.29, 1.82) is 5.26 Å². The van der Waals surface area contributed by atoms with Crippen LogP contribution in [0.25, 0.3) is 5.69 Å². The number of hydrogen-bond donors (Lipinski definition) is 1. The van der Waals surface area contributed by atoms with Gasteiger partial charge in [0.2, 0.25) is 0 Å². The molecule has 0 saturated carbocycles. The Kier molecular flexibility index (Phi) is 2.39. The molecule has 2 N–H and O–H groups in total. The first-order valence-corrected chi connectivity index (χ1v) is 4.87. The second-order valence-corrected chi connectivity index (χ2v) is 3.62. The van der Waals surface area contributed by atoms with Gasteiger partial charge in [0.05, 0.1) is 18.1 Å². The summed E-state index contributed by atoms with van der Waals surface area (Å²) in [7, 11) is 0. The summed E-state index contributed by atoms with van der Waals surface area (Å²) in [5, 5.41) is 12.7. The molecule has 0 aliphatic rings. The van der Waals surface area contributed by atoms with Gasteiger partial charge >= 0.3 is 0 Å². The van der Waals surface area contributed by atoms with Crippen LogP contribution in [0.4, 0.5) is 5.82 Å². The molecule has 0 saturated heterocycles. The minimum Gasteiger partial charge on any atom is -0.382 e. The lowest BCUT2D eigenvalue weighted by molar-refractivity contribution is 0.883. The van der Waals surface area contributed by atoms with Crippen molar-refractivity contribution >= 4 is 21.7 Å². The molecular weight excluding hydrogens is 258 g/mol. The third-order valence-corrected chi connectivity index (χ3v) is 2.35. The number of nitrogen functional groups attached to an aromatic ring is 1. The Morgan fingerprint density at radius 3 is 2.73 bits per heavy atom. The van der Waals surface area contributed by atoms with Gasteiger partial charge in [0.15, 0.2) is 0 Å². The van der Waals surface area contributed by atoms with Gasteiger partial charge in [-0.05, 0) is 28.1 Å². The monoisotopic (exact) mass is 263 g/mol. The summed E-state index contributed by atoms with van der Waals surface area (Å²) < 4.78 is 2.20. The van der Waals surface area contributed by atoms with E-state index in [9.17, 15) is 0 Å². The summed E-state index contributed by atoms with van der Waals surface area (Å²) in [4.78, 5) is 4.05. The van der Waals surface area contributed by atoms with E-state index in [1.807, 2.05) is 12.1 Å². The highest BCUT2D eigenvalue weighted by atomic mass is 79.9. The number of hydrogen-bond acceptors (Lipinski definition) is 4. The van der Waals surface area contributed by atoms with Crippen molar-refractivity contribution in [3.8, 4) is 11.8 Å². The van der Waals surface area contributed by atoms with Crippen LogP contribution in [0.2, 0.25) is 0 Å². The van der Waals surface area contributed by atoms with Crippen molar-refractivity contribution < 1.29 is 0 Å². The molecule has 0 aromatic carbocycles. The zero-order valence-corrected chi connectivity index (χ0v) is 9.14. The van der Waals surface area contributed by atoms with Crippen LogP contribution < -0.4 is 5.73 Å². The minimum atomic E-state index is 0.321. The lowest BCUT2D eigenvalue weighted by atomic mass is 10.3. The summed E-state index contributed by atoms with van der Waals surface area (Å²) in [6, 6.07) is 5.55. The highest BCUT2D eigenvalue weighted by molar-refractivity contribution is 9.10. The zero-order valence-electron chi connectivity index (χ0n) is 7.55. The first kappa shape index (κ1) is 9.68. The van der Waals surface area contributed by atoms with Crippen LogP contribution in [0.3, 0.4) is 0 Å². The predicted molar refractivity (Wildman–Crippen MR) is 58.2 cm³/mol. The van der Waals surface area contributed by atoms with Crippen molar-refractivity contribution in [3.63, 3.8) is 0 Å². The molecule has 0 radical (unpaired) electrons. The van der Waals surface area contributed by atoms with Gasteiger partial charge in [0, 0.05) is 0 Å². The summed E-state index contributed by atoms with van der Waals surface area (Å²) in [6.45, 7) is 0. The minimum absolute atomic E-state index is 0.321. The fourth-order valence-electron chi connectivity index (χ4n) is 1.14. The van der Waals surface area contributed by atoms with Crippen LogP contribution in [-0.2, 0) is 0 Å². The molecule has 0 fully saturated rings. The Morgan fingerprint density at radius 1 is 1.40 bits per heavy atom. The quantitative estimate of drug-likeness (QED) is 0.791. The molecule has 2 aromatic heterocycles. The van der Waals surface area contributed by atoms with Gasteiger partial charge in [-0.25, -0.2) is 9.67 Å². The number of pyridine rings is 1. The molecule has 2 aromatic rings. The molecule has 0 unspecified atom stereocenters. The van der Waals surface area contributed by atoms with Gasteiger partial charge in [0.1, 0.15) is 22.1 Å². The third-order valence-electron chi connectivity index (χ3n) is 1.88. The second kappa shape index (κ2) is 3.71. The van der Waals surface area contributed by atoms with E-state index >= 15 is 0 Å². The Labute approximate surface area is 94.3 Å². The summed E-state index contributed by atoms with van der Waals surface area (Å²) in [5.74, 6) is 0.321. The van der Waals surface area contributed by atoms with Gasteiger partial charge in [-0.15, -0.1) is 0 Å². The molecule has 2 rings (SSSR count). The topological polar surface area (TPSA) is 80.5 Å². The summed E-state index contributed by atoms with van der Waals surface area (Å²) >= 11 is 3.23. The van der Waals surface area contributed by atoms with Gasteiger partial charge in [-0.3, -0.25) is 0 Å². The third kappa shape index (κ3) is 1.69. The maximum atomic E-state index is 8.72. The summed E-state index contributed by atoms with van der Waals surface area (Å²) in [6.07, 6.45) is 3.05. The van der Waals surface area contributed by atoms with Crippen LogP contribution in [-0.4, -0.2) is 14.8 Å². The molecule has 0 spiro atoms. The van der Waals surface area contributed by atoms with Crippen molar-refractivity contribution in [1.82, 2.24) is 14.8 Å². The predicted octanol–water partition coefficient (Wildman–Crippen LogP) is 1.48. The van der Waals surface area contributed by atoms with Gasteiger partial charge in [-0.1, -0.05) is 0 Å². The Bertz CT molecular complexity index is 522. The molecule has 0 amide bonds. The average molecular weight is 264 g/mol. The highest BCUT2D eigenvalue weighted by Gasteiger charge is 2.08. The molecule has 0 aliphatic carbocycles. The van der Waals surface area contributed by atoms with E-state index in [4.69, 9.17) is 11.0 Å². The first-order valence-electron chi connectivity index (χ1n) is 4.08. The van der Waals surface area contributed by atoms with Crippen molar-refractivity contribution in [2.24, 2.45) is 0 Å². The van der Waals surface area contributed by atoms with Crippen molar-refractivity contribution in [3.05, 3.63) is 34.7 Å². The van der Waals surface area contributed by atoms with E-state index in [-0.39, 0.29) is 0 Å². The standard InChI is InChI=1S/C9H6BrN5/c10-8-2-1-7(5-13-8)15-9(12)6(3-11)4-14-15/h1-2,4-5H,12H2. The SMILES string of the molecule is N#Cc1cnn(-c2ccc(Br)nc2)c1N. The fourth-order valence-corrected chi connectivity index (χ4v) is 1.38. The molecule has 0 bridgehead atoms. The number of nitrogens with zero attached hydrogens (tertiary/aromatic N) is 4. The highest BCUT2D eigenvalue weighted by Crippen LogP contribution is 2.16. The van der Waals surface area contributed by atoms with Crippen LogP contribution in [0, 0.1) is 11.3 Å². The van der Waals surface area contributed by atoms with E-state index in [1.54, 1.807) is 12.3 Å². The molecule has 0 atom stereocenters. The largest absolute Gasteiger partial charge is 0.382 e. The van der Waals surface area contributed by atoms with E-state index in [1.165, 1.54) is 10.9 Å². The molecule has 0 aliphatic heterocycles. The lowest BCUT2D eigenvalue weighted by Gasteiger charge is -2.02. The van der Waals surface area contributed by atoms with E-state index < -0.39 is 0 Å². The van der Waals surface area contributed by atoms with Gasteiger partial charge in [0.25, 0.3) is 0 Å². The summed E-state index contributed by atoms with van der Waals surface area (Å²) in [5.41, 5.74) is 6.80. The number of anilines is 1. The number of aromatic nitrogens is 3. The maximum Gasteiger partial charge on any atom is 0.145 e. The van der Waals surface area contributed by atoms with E-state index in [2.05, 4.69) is 26.0 Å². The molecule has 2 heterocycles. The van der Waals surface area contributed by atoms with Crippen LogP contribution in [0.1, 0.15) is 5.56 Å². The Hall–Kier alpha value is -1.87. The molecule has 6 heteroatoms. The van der Waals surface area contributed by atoms with Crippen LogP contribution in [0.15, 0.2) is 29.1 Å². The van der Waals surface area contributed by atoms with E-state index in [0.29, 0.717) is 11.4 Å². The zero-order chi connectivity index (χ0) is 10.8. The molecule has 5 nitrogen and oxygen atoms in total. The molecule has 74 valence electrons. The number of nitriles is 1. The lowest BCUT2D eigenvalue weighted by Crippen LogP contribution is -2.02. The van der Waals surface area contributed by atoms with Gasteiger partial charge in [-0.2, -0.15) is 10.4 Å². The smallest absolute Gasteiger partial charge is 0.145 e. The van der Waals surface area contributed by atoms with Gasteiger partial charge < -0.3 is 5.73 Å². The van der Waals surface area contributed by atoms with E-state index in [0.717, 1.165) is 10.3 Å². The number of rotatable bonds is 1. The molecule has 15 heavy (non-hydrogen) atoms. The Morgan fingerprint density at radius 2 is 2.20 bits per heavy atom. The normalized spacial score (nSPS) is 9.87. The fraction of sp³-hybridized carbons (Fsp3) is 0. The van der Waals surface area contributed by atoms with Crippen LogP contribution >= 0.6 is 15.9 Å². The second-order valence-electron chi connectivity index (χ2n) is 2.81.